The molecule has 0 aliphatic carbocycles. The van der Waals surface area contributed by atoms with Crippen molar-refractivity contribution in [2.45, 2.75) is 58.3 Å². The molecular formula is C22H27NO11. The van der Waals surface area contributed by atoms with Gasteiger partial charge in [-0.15, -0.1) is 0 Å². The van der Waals surface area contributed by atoms with E-state index >= 15 is 0 Å². The number of carbonyl (C=O) groups is 5. The van der Waals surface area contributed by atoms with Crippen LogP contribution in [0.25, 0.3) is 0 Å². The highest BCUT2D eigenvalue weighted by molar-refractivity contribution is 5.94. The summed E-state index contributed by atoms with van der Waals surface area (Å²) in [4.78, 5) is 59.7. The third-order valence-electron chi connectivity index (χ3n) is 4.63. The zero-order valence-corrected chi connectivity index (χ0v) is 19.4. The van der Waals surface area contributed by atoms with E-state index in [1.54, 1.807) is 12.1 Å². The van der Waals surface area contributed by atoms with Gasteiger partial charge in [0.05, 0.1) is 7.11 Å². The normalized spacial score (nSPS) is 23.7. The van der Waals surface area contributed by atoms with Crippen LogP contribution in [0.5, 0.6) is 5.75 Å². The maximum atomic E-state index is 12.9. The smallest absolute Gasteiger partial charge is 0.305 e. The average molecular weight is 481 g/mol. The number of methoxy groups -OCH3 is 1. The lowest BCUT2D eigenvalue weighted by Crippen LogP contribution is -2.67. The standard InChI is InChI=1S/C22H27NO11/c1-11(24)30-10-17-19(31-12(2)25)20(32-13(3)26)18(22(34-17)33-14(4)27)23-21(28)15-6-8-16(29-5)9-7-15/h6-9,17-20,22H,10H2,1-5H3,(H,23,28)/t17-,18-,19-,20+,22+/m0/s1. The number of esters is 4. The molecule has 1 aliphatic heterocycles. The van der Waals surface area contributed by atoms with E-state index in [0.29, 0.717) is 5.75 Å². The molecule has 186 valence electrons. The third-order valence-corrected chi connectivity index (χ3v) is 4.63. The van der Waals surface area contributed by atoms with Gasteiger partial charge < -0.3 is 33.7 Å². The first-order chi connectivity index (χ1) is 16.0. The molecule has 2 rings (SSSR count). The van der Waals surface area contributed by atoms with E-state index in [9.17, 15) is 24.0 Å². The summed E-state index contributed by atoms with van der Waals surface area (Å²) < 4.78 is 31.7. The second-order valence-corrected chi connectivity index (χ2v) is 7.33. The molecule has 1 heterocycles. The molecule has 12 heteroatoms. The van der Waals surface area contributed by atoms with Gasteiger partial charge >= 0.3 is 23.9 Å². The Bertz CT molecular complexity index is 914. The van der Waals surface area contributed by atoms with Crippen molar-refractivity contribution in [3.8, 4) is 5.75 Å². The predicted molar refractivity (Wildman–Crippen MR) is 112 cm³/mol. The van der Waals surface area contributed by atoms with Gasteiger partial charge in [-0.3, -0.25) is 24.0 Å². The van der Waals surface area contributed by atoms with Crippen LogP contribution in [0.3, 0.4) is 0 Å². The Morgan fingerprint density at radius 1 is 0.824 bits per heavy atom. The number of hydrogen-bond donors (Lipinski definition) is 1. The first kappa shape index (κ1) is 26.6. The minimum atomic E-state index is -1.46. The lowest BCUT2D eigenvalue weighted by Gasteiger charge is -2.44. The van der Waals surface area contributed by atoms with Crippen LogP contribution in [0.15, 0.2) is 24.3 Å². The Balaban J connectivity index is 2.43. The van der Waals surface area contributed by atoms with Gasteiger partial charge in [0, 0.05) is 33.3 Å². The molecule has 0 radical (unpaired) electrons. The van der Waals surface area contributed by atoms with Gasteiger partial charge in [0.2, 0.25) is 6.29 Å². The minimum Gasteiger partial charge on any atom is -0.497 e. The summed E-state index contributed by atoms with van der Waals surface area (Å²) in [6.45, 7) is 4.11. The van der Waals surface area contributed by atoms with Crippen molar-refractivity contribution in [3.63, 3.8) is 0 Å². The Morgan fingerprint density at radius 3 is 1.88 bits per heavy atom. The van der Waals surface area contributed by atoms with E-state index in [1.165, 1.54) is 19.2 Å². The molecule has 34 heavy (non-hydrogen) atoms. The largest absolute Gasteiger partial charge is 0.497 e. The zero-order valence-electron chi connectivity index (χ0n) is 19.4. The van der Waals surface area contributed by atoms with Crippen molar-refractivity contribution in [1.82, 2.24) is 5.32 Å². The number of rotatable bonds is 8. The summed E-state index contributed by atoms with van der Waals surface area (Å²) in [6, 6.07) is 4.84. The van der Waals surface area contributed by atoms with Crippen LogP contribution in [0.4, 0.5) is 0 Å². The molecule has 0 aromatic heterocycles. The summed E-state index contributed by atoms with van der Waals surface area (Å²) in [5.41, 5.74) is 0.218. The van der Waals surface area contributed by atoms with Crippen molar-refractivity contribution in [1.29, 1.82) is 0 Å². The Labute approximate surface area is 195 Å². The van der Waals surface area contributed by atoms with Gasteiger partial charge in [-0.1, -0.05) is 0 Å². The van der Waals surface area contributed by atoms with E-state index in [2.05, 4.69) is 5.32 Å². The van der Waals surface area contributed by atoms with Crippen LogP contribution in [-0.4, -0.2) is 74.1 Å². The fourth-order valence-electron chi connectivity index (χ4n) is 3.30. The quantitative estimate of drug-likeness (QED) is 0.408. The highest BCUT2D eigenvalue weighted by Gasteiger charge is 2.52. The lowest BCUT2D eigenvalue weighted by molar-refractivity contribution is -0.270. The molecule has 1 aromatic rings. The molecule has 1 aromatic carbocycles. The summed E-state index contributed by atoms with van der Waals surface area (Å²) >= 11 is 0. The monoisotopic (exact) mass is 481 g/mol. The topological polar surface area (TPSA) is 153 Å². The van der Waals surface area contributed by atoms with E-state index in [-0.39, 0.29) is 5.56 Å². The molecular weight excluding hydrogens is 454 g/mol. The predicted octanol–water partition coefficient (Wildman–Crippen LogP) is 0.508. The maximum absolute atomic E-state index is 12.9. The fourth-order valence-corrected chi connectivity index (χ4v) is 3.30. The van der Waals surface area contributed by atoms with Gasteiger partial charge in [0.1, 0.15) is 24.5 Å². The van der Waals surface area contributed by atoms with Crippen LogP contribution in [0.2, 0.25) is 0 Å². The fraction of sp³-hybridized carbons (Fsp3) is 0.500. The van der Waals surface area contributed by atoms with Crippen LogP contribution < -0.4 is 10.1 Å². The molecule has 0 bridgehead atoms. The number of nitrogens with one attached hydrogen (secondary N) is 1. The van der Waals surface area contributed by atoms with Crippen LogP contribution >= 0.6 is 0 Å². The lowest BCUT2D eigenvalue weighted by atomic mass is 9.95. The van der Waals surface area contributed by atoms with Crippen molar-refractivity contribution < 1.29 is 52.4 Å². The minimum absolute atomic E-state index is 0.218. The molecule has 1 amide bonds. The van der Waals surface area contributed by atoms with E-state index < -0.39 is 67.0 Å². The van der Waals surface area contributed by atoms with Gasteiger partial charge in [0.15, 0.2) is 12.2 Å². The van der Waals surface area contributed by atoms with Gasteiger partial charge in [-0.25, -0.2) is 0 Å². The second-order valence-electron chi connectivity index (χ2n) is 7.33. The SMILES string of the molecule is COc1ccc(C(=O)N[C@@H]2[C@H](OC(C)=O)O[C@@H](COC(C)=O)[C@H](OC(C)=O)[C@@H]2OC(C)=O)cc1. The number of hydrogen-bond acceptors (Lipinski definition) is 11. The third kappa shape index (κ3) is 7.44. The molecule has 12 nitrogen and oxygen atoms in total. The molecule has 1 fully saturated rings. The molecule has 1 saturated heterocycles. The van der Waals surface area contributed by atoms with Gasteiger partial charge in [-0.2, -0.15) is 0 Å². The number of carbonyl (C=O) groups excluding carboxylic acids is 5. The van der Waals surface area contributed by atoms with E-state index in [1.807, 2.05) is 0 Å². The first-order valence-electron chi connectivity index (χ1n) is 10.3. The summed E-state index contributed by atoms with van der Waals surface area (Å²) in [7, 11) is 1.48. The van der Waals surface area contributed by atoms with E-state index in [4.69, 9.17) is 28.4 Å². The highest BCUT2D eigenvalue weighted by Crippen LogP contribution is 2.28. The van der Waals surface area contributed by atoms with Crippen molar-refractivity contribution in [2.24, 2.45) is 0 Å². The van der Waals surface area contributed by atoms with E-state index in [0.717, 1.165) is 27.7 Å². The molecule has 5 atom stereocenters. The molecule has 1 N–H and O–H groups in total. The van der Waals surface area contributed by atoms with Crippen LogP contribution in [-0.2, 0) is 42.9 Å². The Morgan fingerprint density at radius 2 is 1.38 bits per heavy atom. The molecule has 0 saturated carbocycles. The van der Waals surface area contributed by atoms with Crippen molar-refractivity contribution in [2.75, 3.05) is 13.7 Å². The first-order valence-corrected chi connectivity index (χ1v) is 10.3. The van der Waals surface area contributed by atoms with Crippen molar-refractivity contribution >= 4 is 29.8 Å². The van der Waals surface area contributed by atoms with Gasteiger partial charge in [0.25, 0.3) is 5.91 Å². The summed E-state index contributed by atoms with van der Waals surface area (Å²) in [5.74, 6) is -3.01. The number of ether oxygens (including phenoxy) is 6. The number of amides is 1. The Hall–Kier alpha value is -3.67. The van der Waals surface area contributed by atoms with Gasteiger partial charge in [-0.05, 0) is 24.3 Å². The summed E-state index contributed by atoms with van der Waals surface area (Å²) in [5, 5.41) is 2.61. The molecule has 0 spiro atoms. The van der Waals surface area contributed by atoms with Crippen LogP contribution in [0, 0.1) is 0 Å². The van der Waals surface area contributed by atoms with Crippen LogP contribution in [0.1, 0.15) is 38.1 Å². The average Bonchev–Trinajstić information content (AvgIpc) is 2.75. The van der Waals surface area contributed by atoms with Crippen molar-refractivity contribution in [3.05, 3.63) is 29.8 Å². The zero-order chi connectivity index (χ0) is 25.4. The second kappa shape index (κ2) is 12.0. The summed E-state index contributed by atoms with van der Waals surface area (Å²) in [6.07, 6.45) is -5.27. The number of benzene rings is 1. The Kier molecular flexibility index (Phi) is 9.36. The molecule has 1 aliphatic rings. The molecule has 0 unspecified atom stereocenters. The maximum Gasteiger partial charge on any atom is 0.305 e. The highest BCUT2D eigenvalue weighted by atomic mass is 16.7.